The van der Waals surface area contributed by atoms with E-state index in [4.69, 9.17) is 5.73 Å². The van der Waals surface area contributed by atoms with E-state index in [0.717, 1.165) is 54.9 Å². The predicted molar refractivity (Wildman–Crippen MR) is 132 cm³/mol. The van der Waals surface area contributed by atoms with Crippen LogP contribution in [0.4, 0.5) is 17.3 Å². The molecule has 1 saturated heterocycles. The van der Waals surface area contributed by atoms with Gasteiger partial charge < -0.3 is 16.0 Å². The van der Waals surface area contributed by atoms with Crippen molar-refractivity contribution >= 4 is 40.2 Å². The Kier molecular flexibility index (Phi) is 5.34. The number of fused-ring (bicyclic) bond motifs is 1. The quantitative estimate of drug-likeness (QED) is 0.419. The average Bonchev–Trinajstić information content (AvgIpc) is 3.32. The van der Waals surface area contributed by atoms with Crippen LogP contribution in [0.3, 0.4) is 0 Å². The van der Waals surface area contributed by atoms with Gasteiger partial charge in [0.15, 0.2) is 11.5 Å². The Morgan fingerprint density at radius 3 is 2.68 bits per heavy atom. The molecular weight excluding hydrogens is 450 g/mol. The molecule has 0 bridgehead atoms. The lowest BCUT2D eigenvalue weighted by Crippen LogP contribution is -2.47. The maximum absolute atomic E-state index is 11.5. The lowest BCUT2D eigenvalue weighted by atomic mass is 10.2. The van der Waals surface area contributed by atoms with Gasteiger partial charge in [-0.1, -0.05) is 0 Å². The van der Waals surface area contributed by atoms with Crippen molar-refractivity contribution in [3.8, 4) is 11.3 Å². The summed E-state index contributed by atoms with van der Waals surface area (Å²) < 4.78 is 1.70. The largest absolute Gasteiger partial charge is 0.365 e. The molecule has 0 aromatic carbocycles. The van der Waals surface area contributed by atoms with E-state index >= 15 is 0 Å². The van der Waals surface area contributed by atoms with Gasteiger partial charge in [0.1, 0.15) is 12.1 Å². The molecule has 5 heterocycles. The van der Waals surface area contributed by atoms with Gasteiger partial charge >= 0.3 is 0 Å². The molecule has 2 fully saturated rings. The molecule has 34 heavy (non-hydrogen) atoms. The van der Waals surface area contributed by atoms with Crippen LogP contribution in [-0.4, -0.2) is 68.1 Å². The number of rotatable bonds is 7. The first-order valence-electron chi connectivity index (χ1n) is 11.4. The first-order valence-corrected chi connectivity index (χ1v) is 12.3. The predicted octanol–water partition coefficient (Wildman–Crippen LogP) is 2.62. The molecule has 4 aromatic heterocycles. The summed E-state index contributed by atoms with van der Waals surface area (Å²) in [5.74, 6) is 2.06. The number of primary amides is 1. The number of anilines is 3. The van der Waals surface area contributed by atoms with Crippen LogP contribution < -0.4 is 16.0 Å². The molecule has 1 aliphatic heterocycles. The van der Waals surface area contributed by atoms with E-state index in [9.17, 15) is 4.79 Å². The van der Waals surface area contributed by atoms with Crippen molar-refractivity contribution in [2.24, 2.45) is 11.7 Å². The Balaban J connectivity index is 1.16. The number of nitrogens with zero attached hydrogens (tertiary/aromatic N) is 7. The summed E-state index contributed by atoms with van der Waals surface area (Å²) in [4.78, 5) is 30.5. The molecule has 0 radical (unpaired) electrons. The first kappa shape index (κ1) is 21.0. The third kappa shape index (κ3) is 4.19. The number of pyridine rings is 1. The summed E-state index contributed by atoms with van der Waals surface area (Å²) in [5.41, 5.74) is 8.35. The third-order valence-electron chi connectivity index (χ3n) is 6.36. The van der Waals surface area contributed by atoms with Crippen molar-refractivity contribution < 1.29 is 4.79 Å². The maximum atomic E-state index is 11.5. The van der Waals surface area contributed by atoms with E-state index in [-0.39, 0.29) is 0 Å². The van der Waals surface area contributed by atoms with Gasteiger partial charge in [0, 0.05) is 43.7 Å². The second-order valence-electron chi connectivity index (χ2n) is 8.81. The van der Waals surface area contributed by atoms with E-state index in [0.29, 0.717) is 16.3 Å². The highest BCUT2D eigenvalue weighted by molar-refractivity contribution is 7.12. The topological polar surface area (TPSA) is 118 Å². The summed E-state index contributed by atoms with van der Waals surface area (Å²) >= 11 is 1.29. The highest BCUT2D eigenvalue weighted by Gasteiger charge is 2.26. The van der Waals surface area contributed by atoms with Crippen LogP contribution >= 0.6 is 11.3 Å². The van der Waals surface area contributed by atoms with Crippen LogP contribution in [0.2, 0.25) is 0 Å². The van der Waals surface area contributed by atoms with Crippen LogP contribution in [0.5, 0.6) is 0 Å². The molecule has 1 saturated carbocycles. The Morgan fingerprint density at radius 1 is 1.12 bits per heavy atom. The number of thiophene rings is 1. The number of carbonyl (C=O) groups is 1. The van der Waals surface area contributed by atoms with Crippen molar-refractivity contribution in [1.82, 2.24) is 29.5 Å². The van der Waals surface area contributed by atoms with E-state index < -0.39 is 5.91 Å². The van der Waals surface area contributed by atoms with E-state index in [1.807, 2.05) is 23.7 Å². The summed E-state index contributed by atoms with van der Waals surface area (Å²) in [6.45, 7) is 5.48. The standard InChI is InChI=1S/C23H25N9OS/c24-21(33)19-9-16(13-34-19)18-11-26-22(23-27-14-28-32(18)23)29-17-3-4-20(25-10-17)31-7-5-30(6-8-31)12-15-1-2-15/h3-4,9-11,13-15H,1-2,5-8,12H2,(H2,24,33)(H,26,29). The molecule has 4 aromatic rings. The molecule has 2 aliphatic rings. The molecule has 0 unspecified atom stereocenters. The summed E-state index contributed by atoms with van der Waals surface area (Å²) in [6.07, 6.45) is 7.82. The summed E-state index contributed by atoms with van der Waals surface area (Å²) in [6, 6.07) is 5.80. The normalized spacial score (nSPS) is 16.8. The third-order valence-corrected chi connectivity index (χ3v) is 7.31. The second-order valence-corrected chi connectivity index (χ2v) is 9.72. The molecule has 10 nitrogen and oxygen atoms in total. The van der Waals surface area contributed by atoms with E-state index in [1.54, 1.807) is 16.8 Å². The Morgan fingerprint density at radius 2 is 1.97 bits per heavy atom. The van der Waals surface area contributed by atoms with Crippen LogP contribution in [0.1, 0.15) is 22.5 Å². The van der Waals surface area contributed by atoms with E-state index in [1.165, 1.54) is 37.1 Å². The fourth-order valence-corrected chi connectivity index (χ4v) is 5.06. The molecule has 0 spiro atoms. The van der Waals surface area contributed by atoms with Gasteiger partial charge in [-0.2, -0.15) is 5.10 Å². The number of nitrogens with two attached hydrogens (primary N) is 1. The fourth-order valence-electron chi connectivity index (χ4n) is 4.31. The number of hydrogen-bond acceptors (Lipinski definition) is 9. The highest BCUT2D eigenvalue weighted by Crippen LogP contribution is 2.30. The molecule has 1 aliphatic carbocycles. The van der Waals surface area contributed by atoms with Crippen LogP contribution in [0, 0.1) is 5.92 Å². The van der Waals surface area contributed by atoms with Crippen LogP contribution in [0.25, 0.3) is 16.9 Å². The number of hydrogen-bond donors (Lipinski definition) is 2. The number of nitrogens with one attached hydrogen (secondary N) is 1. The zero-order valence-electron chi connectivity index (χ0n) is 18.6. The molecule has 174 valence electrons. The van der Waals surface area contributed by atoms with Gasteiger partial charge in [-0.25, -0.2) is 19.5 Å². The Bertz CT molecular complexity index is 1320. The number of aromatic nitrogens is 5. The van der Waals surface area contributed by atoms with Gasteiger partial charge in [0.05, 0.1) is 28.7 Å². The SMILES string of the molecule is NC(=O)c1cc(-c2cnc(Nc3ccc(N4CCN(CC5CC5)CC4)nc3)c3ncnn23)cs1. The molecule has 11 heteroatoms. The Labute approximate surface area is 200 Å². The van der Waals surface area contributed by atoms with Crippen LogP contribution in [-0.2, 0) is 0 Å². The smallest absolute Gasteiger partial charge is 0.258 e. The Hall–Kier alpha value is -3.57. The van der Waals surface area contributed by atoms with E-state index in [2.05, 4.69) is 35.2 Å². The van der Waals surface area contributed by atoms with Crippen molar-refractivity contribution in [3.63, 3.8) is 0 Å². The first-order chi connectivity index (χ1) is 16.6. The van der Waals surface area contributed by atoms with Gasteiger partial charge in [0.2, 0.25) is 0 Å². The molecular formula is C23H25N9OS. The van der Waals surface area contributed by atoms with Crippen molar-refractivity contribution in [1.29, 1.82) is 0 Å². The number of amides is 1. The zero-order chi connectivity index (χ0) is 23.1. The van der Waals surface area contributed by atoms with Crippen molar-refractivity contribution in [2.45, 2.75) is 12.8 Å². The molecule has 3 N–H and O–H groups in total. The zero-order valence-corrected chi connectivity index (χ0v) is 19.4. The van der Waals surface area contributed by atoms with Gasteiger partial charge in [-0.3, -0.25) is 9.69 Å². The van der Waals surface area contributed by atoms with Crippen molar-refractivity contribution in [3.05, 3.63) is 47.2 Å². The highest BCUT2D eigenvalue weighted by atomic mass is 32.1. The molecule has 0 atom stereocenters. The van der Waals surface area contributed by atoms with Gasteiger partial charge in [0.25, 0.3) is 5.91 Å². The minimum Gasteiger partial charge on any atom is -0.365 e. The molecule has 1 amide bonds. The lowest BCUT2D eigenvalue weighted by molar-refractivity contribution is 0.100. The number of carbonyl (C=O) groups excluding carboxylic acids is 1. The van der Waals surface area contributed by atoms with Gasteiger partial charge in [-0.15, -0.1) is 11.3 Å². The minimum atomic E-state index is -0.451. The average molecular weight is 476 g/mol. The second kappa shape index (κ2) is 8.65. The summed E-state index contributed by atoms with van der Waals surface area (Å²) in [7, 11) is 0. The van der Waals surface area contributed by atoms with Crippen molar-refractivity contribution in [2.75, 3.05) is 42.9 Å². The lowest BCUT2D eigenvalue weighted by Gasteiger charge is -2.35. The monoisotopic (exact) mass is 475 g/mol. The minimum absolute atomic E-state index is 0.451. The fraction of sp³-hybridized carbons (Fsp3) is 0.348. The molecule has 6 rings (SSSR count). The number of piperazine rings is 1. The summed E-state index contributed by atoms with van der Waals surface area (Å²) in [5, 5.41) is 9.51. The van der Waals surface area contributed by atoms with Crippen LogP contribution in [0.15, 0.2) is 42.3 Å². The maximum Gasteiger partial charge on any atom is 0.258 e. The van der Waals surface area contributed by atoms with Gasteiger partial charge in [-0.05, 0) is 37.0 Å².